The third-order valence-electron chi connectivity index (χ3n) is 4.90. The first kappa shape index (κ1) is 22.3. The molecule has 4 rings (SSSR count). The minimum absolute atomic E-state index is 0.0486. The highest BCUT2D eigenvalue weighted by atomic mass is 32.2. The normalized spacial score (nSPS) is 13.8. The molecular weight excluding hydrogens is 456 g/mol. The van der Waals surface area contributed by atoms with Crippen molar-refractivity contribution in [2.75, 3.05) is 54.2 Å². The molecule has 2 heterocycles. The fraction of sp³-hybridized carbons (Fsp3) is 0.286. The maximum Gasteiger partial charge on any atom is 0.234 e. The van der Waals surface area contributed by atoms with Crippen LogP contribution in [0.4, 0.5) is 25.3 Å². The Morgan fingerprint density at radius 3 is 2.62 bits per heavy atom. The Bertz CT molecular complexity index is 1090. The number of rotatable bonds is 7. The molecule has 1 fully saturated rings. The second-order valence-electron chi connectivity index (χ2n) is 6.96. The van der Waals surface area contributed by atoms with Crippen LogP contribution < -0.4 is 19.9 Å². The molecule has 0 unspecified atom stereocenters. The largest absolute Gasteiger partial charge is 0.495 e. The average Bonchev–Trinajstić information content (AvgIpc) is 3.29. The number of carbonyl (C=O) groups excluding carboxylic acids is 1. The number of ether oxygens (including phenoxy) is 1. The summed E-state index contributed by atoms with van der Waals surface area (Å²) >= 11 is 2.64. The van der Waals surface area contributed by atoms with Gasteiger partial charge in [-0.05, 0) is 24.3 Å². The van der Waals surface area contributed by atoms with Gasteiger partial charge in [-0.2, -0.15) is 0 Å². The molecule has 0 saturated carbocycles. The fourth-order valence-corrected chi connectivity index (χ4v) is 5.02. The third-order valence-corrected chi connectivity index (χ3v) is 7.02. The number of amides is 1. The maximum atomic E-state index is 13.7. The van der Waals surface area contributed by atoms with Crippen molar-refractivity contribution in [3.05, 3.63) is 54.1 Å². The van der Waals surface area contributed by atoms with Crippen LogP contribution in [0, 0.1) is 11.6 Å². The lowest BCUT2D eigenvalue weighted by Crippen LogP contribution is -2.46. The molecule has 1 aromatic heterocycles. The topological polar surface area (TPSA) is 70.6 Å². The van der Waals surface area contributed by atoms with Gasteiger partial charge in [-0.25, -0.2) is 8.78 Å². The number of thioether (sulfide) groups is 1. The fourth-order valence-electron chi connectivity index (χ4n) is 3.32. The molecule has 168 valence electrons. The Hall–Kier alpha value is -2.92. The van der Waals surface area contributed by atoms with E-state index in [1.165, 1.54) is 29.2 Å². The quantitative estimate of drug-likeness (QED) is 0.518. The number of anilines is 3. The first-order chi connectivity index (χ1) is 15.5. The summed E-state index contributed by atoms with van der Waals surface area (Å²) in [5.41, 5.74) is 1.02. The van der Waals surface area contributed by atoms with Gasteiger partial charge in [0.1, 0.15) is 17.4 Å². The minimum atomic E-state index is -0.811. The zero-order valence-electron chi connectivity index (χ0n) is 17.3. The molecule has 32 heavy (non-hydrogen) atoms. The van der Waals surface area contributed by atoms with Crippen molar-refractivity contribution < 1.29 is 18.3 Å². The highest BCUT2D eigenvalue weighted by Crippen LogP contribution is 2.31. The molecule has 0 radical (unpaired) electrons. The van der Waals surface area contributed by atoms with Gasteiger partial charge in [0, 0.05) is 32.2 Å². The first-order valence-corrected chi connectivity index (χ1v) is 11.7. The number of hydrogen-bond donors (Lipinski definition) is 1. The van der Waals surface area contributed by atoms with E-state index in [-0.39, 0.29) is 11.4 Å². The van der Waals surface area contributed by atoms with E-state index in [0.29, 0.717) is 4.34 Å². The Morgan fingerprint density at radius 1 is 1.12 bits per heavy atom. The summed E-state index contributed by atoms with van der Waals surface area (Å²) < 4.78 is 32.7. The molecule has 1 N–H and O–H groups in total. The first-order valence-electron chi connectivity index (χ1n) is 9.87. The predicted octanol–water partition coefficient (Wildman–Crippen LogP) is 3.88. The van der Waals surface area contributed by atoms with Gasteiger partial charge in [0.2, 0.25) is 11.0 Å². The van der Waals surface area contributed by atoms with Crippen molar-refractivity contribution in [2.45, 2.75) is 4.34 Å². The van der Waals surface area contributed by atoms with Gasteiger partial charge >= 0.3 is 0 Å². The van der Waals surface area contributed by atoms with Crippen molar-refractivity contribution in [2.24, 2.45) is 0 Å². The number of benzene rings is 2. The van der Waals surface area contributed by atoms with Crippen LogP contribution >= 0.6 is 23.1 Å². The highest BCUT2D eigenvalue weighted by Gasteiger charge is 2.22. The number of methoxy groups -OCH3 is 1. The number of nitrogens with zero attached hydrogens (tertiary/aromatic N) is 4. The summed E-state index contributed by atoms with van der Waals surface area (Å²) in [4.78, 5) is 16.5. The zero-order chi connectivity index (χ0) is 22.5. The summed E-state index contributed by atoms with van der Waals surface area (Å²) in [6.45, 7) is 3.24. The molecule has 1 aliphatic heterocycles. The standard InChI is InChI=1S/C21H21F2N5O2S2/c1-30-18-5-3-2-4-17(18)27-8-10-28(11-9-27)20-25-26-21(32-20)31-13-19(29)24-16-7-6-14(22)12-15(16)23/h2-7,12H,8-11,13H2,1H3,(H,24,29). The number of para-hydroxylation sites is 2. The molecule has 1 amide bonds. The Labute approximate surface area is 192 Å². The van der Waals surface area contributed by atoms with Crippen molar-refractivity contribution >= 4 is 45.5 Å². The summed E-state index contributed by atoms with van der Waals surface area (Å²) in [5, 5.41) is 11.7. The van der Waals surface area contributed by atoms with Crippen LogP contribution in [0.15, 0.2) is 46.8 Å². The lowest BCUT2D eigenvalue weighted by Gasteiger charge is -2.36. The molecule has 0 atom stereocenters. The van der Waals surface area contributed by atoms with Gasteiger partial charge in [0.15, 0.2) is 4.34 Å². The maximum absolute atomic E-state index is 13.7. The van der Waals surface area contributed by atoms with E-state index in [1.807, 2.05) is 18.2 Å². The van der Waals surface area contributed by atoms with Crippen LogP contribution in [0.3, 0.4) is 0 Å². The number of halogens is 2. The zero-order valence-corrected chi connectivity index (χ0v) is 18.9. The van der Waals surface area contributed by atoms with Crippen LogP contribution in [-0.4, -0.2) is 55.1 Å². The number of aromatic nitrogens is 2. The third kappa shape index (κ3) is 5.28. The van der Waals surface area contributed by atoms with Gasteiger partial charge in [-0.3, -0.25) is 4.79 Å². The number of carbonyl (C=O) groups is 1. The van der Waals surface area contributed by atoms with Crippen LogP contribution in [-0.2, 0) is 4.79 Å². The summed E-state index contributed by atoms with van der Waals surface area (Å²) in [6, 6.07) is 11.0. The molecule has 0 spiro atoms. The SMILES string of the molecule is COc1ccccc1N1CCN(c2nnc(SCC(=O)Nc3ccc(F)cc3F)s2)CC1. The van der Waals surface area contributed by atoms with Crippen molar-refractivity contribution in [1.29, 1.82) is 0 Å². The van der Waals surface area contributed by atoms with Gasteiger partial charge in [-0.15, -0.1) is 10.2 Å². The number of piperazine rings is 1. The van der Waals surface area contributed by atoms with E-state index >= 15 is 0 Å². The molecule has 3 aromatic rings. The Kier molecular flexibility index (Phi) is 7.05. The number of nitrogens with one attached hydrogen (secondary N) is 1. The Balaban J connectivity index is 1.28. The molecule has 0 aliphatic carbocycles. The van der Waals surface area contributed by atoms with E-state index < -0.39 is 17.5 Å². The van der Waals surface area contributed by atoms with Crippen LogP contribution in [0.1, 0.15) is 0 Å². The summed E-state index contributed by atoms with van der Waals surface area (Å²) in [5.74, 6) is -1.00. The lowest BCUT2D eigenvalue weighted by atomic mass is 10.2. The molecule has 11 heteroatoms. The molecule has 1 saturated heterocycles. The molecule has 7 nitrogen and oxygen atoms in total. The summed E-state index contributed by atoms with van der Waals surface area (Å²) in [7, 11) is 1.67. The van der Waals surface area contributed by atoms with E-state index in [4.69, 9.17) is 4.74 Å². The lowest BCUT2D eigenvalue weighted by molar-refractivity contribution is -0.113. The second-order valence-corrected chi connectivity index (χ2v) is 9.14. The van der Waals surface area contributed by atoms with Gasteiger partial charge in [-0.1, -0.05) is 35.2 Å². The van der Waals surface area contributed by atoms with Gasteiger partial charge in [0.25, 0.3) is 0 Å². The van der Waals surface area contributed by atoms with Gasteiger partial charge in [0.05, 0.1) is 24.2 Å². The Morgan fingerprint density at radius 2 is 1.88 bits per heavy atom. The van der Waals surface area contributed by atoms with Crippen LogP contribution in [0.2, 0.25) is 0 Å². The molecule has 2 aromatic carbocycles. The highest BCUT2D eigenvalue weighted by molar-refractivity contribution is 8.01. The van der Waals surface area contributed by atoms with E-state index in [1.54, 1.807) is 7.11 Å². The molecule has 0 bridgehead atoms. The molecular formula is C21H21F2N5O2S2. The van der Waals surface area contributed by atoms with Crippen LogP contribution in [0.5, 0.6) is 5.75 Å². The predicted molar refractivity (Wildman–Crippen MR) is 123 cm³/mol. The van der Waals surface area contributed by atoms with Crippen molar-refractivity contribution in [3.8, 4) is 5.75 Å². The molecule has 1 aliphatic rings. The van der Waals surface area contributed by atoms with Crippen molar-refractivity contribution in [3.63, 3.8) is 0 Å². The van der Waals surface area contributed by atoms with Crippen LogP contribution in [0.25, 0.3) is 0 Å². The average molecular weight is 478 g/mol. The van der Waals surface area contributed by atoms with Crippen molar-refractivity contribution in [1.82, 2.24) is 10.2 Å². The van der Waals surface area contributed by atoms with E-state index in [2.05, 4.69) is 31.4 Å². The van der Waals surface area contributed by atoms with E-state index in [9.17, 15) is 13.6 Å². The van der Waals surface area contributed by atoms with Gasteiger partial charge < -0.3 is 19.9 Å². The second kappa shape index (κ2) is 10.1. The summed E-state index contributed by atoms with van der Waals surface area (Å²) in [6.07, 6.45) is 0. The smallest absolute Gasteiger partial charge is 0.234 e. The number of hydrogen-bond acceptors (Lipinski definition) is 8. The van der Waals surface area contributed by atoms with E-state index in [0.717, 1.165) is 54.9 Å². The monoisotopic (exact) mass is 477 g/mol. The minimum Gasteiger partial charge on any atom is -0.495 e.